The Morgan fingerprint density at radius 1 is 1.19 bits per heavy atom. The summed E-state index contributed by atoms with van der Waals surface area (Å²) in [6.45, 7) is 9.66. The summed E-state index contributed by atoms with van der Waals surface area (Å²) in [6.07, 6.45) is 0.924. The second-order valence-electron chi connectivity index (χ2n) is 6.75. The lowest BCUT2D eigenvalue weighted by atomic mass is 9.80. The van der Waals surface area contributed by atoms with Crippen molar-refractivity contribution in [2.24, 2.45) is 11.3 Å². The van der Waals surface area contributed by atoms with Crippen molar-refractivity contribution in [3.8, 4) is 0 Å². The molecule has 0 aliphatic carbocycles. The van der Waals surface area contributed by atoms with Gasteiger partial charge in [-0.05, 0) is 58.3 Å². The zero-order valence-electron chi connectivity index (χ0n) is 12.8. The molecule has 1 aromatic carbocycles. The molecular weight excluding hydrogens is 418 g/mol. The molecular formula is C15H21Br2NO2S. The van der Waals surface area contributed by atoms with E-state index in [0.717, 1.165) is 16.5 Å². The first-order valence-electron chi connectivity index (χ1n) is 6.99. The molecule has 0 radical (unpaired) electrons. The van der Waals surface area contributed by atoms with E-state index in [4.69, 9.17) is 0 Å². The minimum atomic E-state index is -3.45. The Bertz CT molecular complexity index is 650. The van der Waals surface area contributed by atoms with Crippen LogP contribution in [0, 0.1) is 18.3 Å². The molecule has 1 saturated heterocycles. The summed E-state index contributed by atoms with van der Waals surface area (Å²) in [4.78, 5) is 0.342. The Balaban J connectivity index is 2.34. The van der Waals surface area contributed by atoms with E-state index in [0.29, 0.717) is 28.4 Å². The maximum Gasteiger partial charge on any atom is 0.244 e. The van der Waals surface area contributed by atoms with Crippen LogP contribution in [0.2, 0.25) is 0 Å². The predicted octanol–water partition coefficient (Wildman–Crippen LogP) is 4.58. The van der Waals surface area contributed by atoms with E-state index in [1.165, 1.54) is 0 Å². The quantitative estimate of drug-likeness (QED) is 0.677. The summed E-state index contributed by atoms with van der Waals surface area (Å²) in [6, 6.07) is 3.54. The van der Waals surface area contributed by atoms with E-state index in [-0.39, 0.29) is 5.41 Å². The predicted molar refractivity (Wildman–Crippen MR) is 92.9 cm³/mol. The Kier molecular flexibility index (Phi) is 4.94. The van der Waals surface area contributed by atoms with Crippen LogP contribution in [0.5, 0.6) is 0 Å². The molecule has 1 atom stereocenters. The van der Waals surface area contributed by atoms with Crippen LogP contribution in [0.4, 0.5) is 0 Å². The molecule has 1 heterocycles. The van der Waals surface area contributed by atoms with Crippen LogP contribution in [0.3, 0.4) is 0 Å². The maximum absolute atomic E-state index is 12.9. The fourth-order valence-electron chi connectivity index (χ4n) is 2.62. The second-order valence-corrected chi connectivity index (χ2v) is 10.4. The minimum Gasteiger partial charge on any atom is -0.207 e. The zero-order chi connectivity index (χ0) is 16.0. The molecule has 0 spiro atoms. The van der Waals surface area contributed by atoms with E-state index in [1.807, 2.05) is 13.0 Å². The molecule has 0 bridgehead atoms. The van der Waals surface area contributed by atoms with E-state index in [1.54, 1.807) is 10.4 Å². The highest BCUT2D eigenvalue weighted by atomic mass is 79.9. The Morgan fingerprint density at radius 3 is 2.33 bits per heavy atom. The summed E-state index contributed by atoms with van der Waals surface area (Å²) in [7, 11) is -3.45. The van der Waals surface area contributed by atoms with E-state index in [2.05, 4.69) is 52.6 Å². The van der Waals surface area contributed by atoms with E-state index < -0.39 is 10.0 Å². The van der Waals surface area contributed by atoms with Crippen molar-refractivity contribution >= 4 is 41.9 Å². The Labute approximate surface area is 144 Å². The molecule has 3 nitrogen and oxygen atoms in total. The first-order chi connectivity index (χ1) is 9.53. The number of halogens is 2. The third-order valence-electron chi connectivity index (χ3n) is 4.21. The molecule has 1 aliphatic rings. The second kappa shape index (κ2) is 5.95. The number of nitrogens with zero attached hydrogens (tertiary/aromatic N) is 1. The summed E-state index contributed by atoms with van der Waals surface area (Å²) in [5.41, 5.74) is 1.14. The van der Waals surface area contributed by atoms with Crippen molar-refractivity contribution in [1.29, 1.82) is 0 Å². The van der Waals surface area contributed by atoms with Crippen molar-refractivity contribution in [2.75, 3.05) is 13.1 Å². The first-order valence-corrected chi connectivity index (χ1v) is 10.0. The van der Waals surface area contributed by atoms with Crippen LogP contribution >= 0.6 is 31.9 Å². The van der Waals surface area contributed by atoms with Crippen LogP contribution in [-0.2, 0) is 10.0 Å². The summed E-state index contributed by atoms with van der Waals surface area (Å²) < 4.78 is 28.8. The molecule has 118 valence electrons. The van der Waals surface area contributed by atoms with Crippen LogP contribution in [0.25, 0.3) is 0 Å². The fourth-order valence-corrected chi connectivity index (χ4v) is 5.76. The van der Waals surface area contributed by atoms with Gasteiger partial charge in [-0.3, -0.25) is 0 Å². The molecule has 1 aromatic rings. The molecule has 0 amide bonds. The van der Waals surface area contributed by atoms with Gasteiger partial charge in [0.1, 0.15) is 0 Å². The number of hydrogen-bond donors (Lipinski definition) is 0. The topological polar surface area (TPSA) is 37.4 Å². The van der Waals surface area contributed by atoms with Gasteiger partial charge in [0.25, 0.3) is 0 Å². The van der Waals surface area contributed by atoms with Crippen LogP contribution in [-0.4, -0.2) is 25.8 Å². The normalized spacial score (nSPS) is 21.0. The number of benzene rings is 1. The van der Waals surface area contributed by atoms with Gasteiger partial charge >= 0.3 is 0 Å². The minimum absolute atomic E-state index is 0.134. The molecule has 1 aliphatic heterocycles. The molecule has 0 saturated carbocycles. The van der Waals surface area contributed by atoms with Crippen LogP contribution in [0.1, 0.15) is 32.8 Å². The molecule has 6 heteroatoms. The summed E-state index contributed by atoms with van der Waals surface area (Å²) in [5, 5.41) is 0. The van der Waals surface area contributed by atoms with Gasteiger partial charge in [-0.15, -0.1) is 0 Å². The van der Waals surface area contributed by atoms with Gasteiger partial charge in [-0.25, -0.2) is 8.42 Å². The monoisotopic (exact) mass is 437 g/mol. The highest BCUT2D eigenvalue weighted by molar-refractivity contribution is 9.11. The van der Waals surface area contributed by atoms with Crippen molar-refractivity contribution in [2.45, 2.75) is 39.0 Å². The van der Waals surface area contributed by atoms with Gasteiger partial charge in [-0.2, -0.15) is 4.31 Å². The van der Waals surface area contributed by atoms with Gasteiger partial charge in [-0.1, -0.05) is 36.7 Å². The van der Waals surface area contributed by atoms with E-state index >= 15 is 0 Å². The SMILES string of the molecule is Cc1cc(Br)c(S(=O)(=O)N2CCC(C(C)(C)C)C2)cc1Br. The van der Waals surface area contributed by atoms with Gasteiger partial charge < -0.3 is 0 Å². The number of rotatable bonds is 2. The first kappa shape index (κ1) is 17.4. The average Bonchev–Trinajstić information content (AvgIpc) is 2.83. The lowest BCUT2D eigenvalue weighted by Crippen LogP contribution is -2.31. The average molecular weight is 439 g/mol. The molecule has 21 heavy (non-hydrogen) atoms. The third kappa shape index (κ3) is 3.54. The van der Waals surface area contributed by atoms with Gasteiger partial charge in [0.2, 0.25) is 10.0 Å². The van der Waals surface area contributed by atoms with Gasteiger partial charge in [0, 0.05) is 22.0 Å². The zero-order valence-corrected chi connectivity index (χ0v) is 16.8. The lowest BCUT2D eigenvalue weighted by molar-refractivity contribution is 0.252. The number of sulfonamides is 1. The van der Waals surface area contributed by atoms with Crippen molar-refractivity contribution in [3.63, 3.8) is 0 Å². The van der Waals surface area contributed by atoms with Crippen molar-refractivity contribution < 1.29 is 8.42 Å². The molecule has 0 N–H and O–H groups in total. The van der Waals surface area contributed by atoms with Crippen molar-refractivity contribution in [1.82, 2.24) is 4.31 Å². The number of hydrogen-bond acceptors (Lipinski definition) is 2. The lowest BCUT2D eigenvalue weighted by Gasteiger charge is -2.27. The third-order valence-corrected chi connectivity index (χ3v) is 7.88. The largest absolute Gasteiger partial charge is 0.244 e. The van der Waals surface area contributed by atoms with Gasteiger partial charge in [0.05, 0.1) is 4.90 Å². The highest BCUT2D eigenvalue weighted by Crippen LogP contribution is 2.37. The van der Waals surface area contributed by atoms with Gasteiger partial charge in [0.15, 0.2) is 0 Å². The van der Waals surface area contributed by atoms with Crippen molar-refractivity contribution in [3.05, 3.63) is 26.6 Å². The maximum atomic E-state index is 12.9. The Morgan fingerprint density at radius 2 is 1.81 bits per heavy atom. The Hall–Kier alpha value is 0.0900. The molecule has 0 aromatic heterocycles. The smallest absolute Gasteiger partial charge is 0.207 e. The van der Waals surface area contributed by atoms with E-state index in [9.17, 15) is 8.42 Å². The van der Waals surface area contributed by atoms with Crippen LogP contribution < -0.4 is 0 Å². The molecule has 1 fully saturated rings. The standard InChI is InChI=1S/C15H21Br2NO2S/c1-10-7-13(17)14(8-12(10)16)21(19,20)18-6-5-11(9-18)15(2,3)4/h7-8,11H,5-6,9H2,1-4H3. The molecule has 2 rings (SSSR count). The highest BCUT2D eigenvalue weighted by Gasteiger charge is 2.38. The summed E-state index contributed by atoms with van der Waals surface area (Å²) in [5.74, 6) is 0.403. The van der Waals surface area contributed by atoms with Crippen LogP contribution in [0.15, 0.2) is 26.0 Å². The number of aryl methyl sites for hydroxylation is 1. The fraction of sp³-hybridized carbons (Fsp3) is 0.600. The summed E-state index contributed by atoms with van der Waals surface area (Å²) >= 11 is 6.81. The molecule has 1 unspecified atom stereocenters.